The van der Waals surface area contributed by atoms with Crippen molar-refractivity contribution in [2.45, 2.75) is 38.8 Å². The van der Waals surface area contributed by atoms with Gasteiger partial charge in [-0.15, -0.1) is 0 Å². The van der Waals surface area contributed by atoms with Crippen LogP contribution < -0.4 is 0 Å². The second kappa shape index (κ2) is 4.42. The lowest BCUT2D eigenvalue weighted by Crippen LogP contribution is -2.44. The normalized spacial score (nSPS) is 17.9. The van der Waals surface area contributed by atoms with Gasteiger partial charge in [-0.25, -0.2) is 0 Å². The number of nitrogens with zero attached hydrogens (tertiary/aromatic N) is 1. The number of aromatic nitrogens is 1. The van der Waals surface area contributed by atoms with E-state index in [0.717, 1.165) is 10.9 Å². The van der Waals surface area contributed by atoms with Crippen molar-refractivity contribution in [1.82, 2.24) is 4.98 Å². The van der Waals surface area contributed by atoms with Crippen molar-refractivity contribution in [1.29, 1.82) is 0 Å². The Balaban J connectivity index is 2.57. The molecule has 1 aliphatic rings. The van der Waals surface area contributed by atoms with Crippen molar-refractivity contribution in [3.63, 3.8) is 0 Å². The van der Waals surface area contributed by atoms with Crippen LogP contribution in [0.2, 0.25) is 11.6 Å². The number of carbonyl (C=O) groups is 1. The van der Waals surface area contributed by atoms with Gasteiger partial charge in [0.15, 0.2) is 8.07 Å². The average molecular weight is 324 g/mol. The van der Waals surface area contributed by atoms with Crippen LogP contribution >= 0.6 is 15.9 Å². The minimum absolute atomic E-state index is 0.0184. The molecule has 0 amide bonds. The van der Waals surface area contributed by atoms with Gasteiger partial charge in [0.25, 0.3) is 0 Å². The minimum atomic E-state index is -2.15. The van der Waals surface area contributed by atoms with Gasteiger partial charge in [-0.05, 0) is 43.7 Å². The fourth-order valence-electron chi connectivity index (χ4n) is 2.35. The maximum atomic E-state index is 11.7. The third-order valence-electron chi connectivity index (χ3n) is 4.16. The molecule has 1 aromatic heterocycles. The van der Waals surface area contributed by atoms with Gasteiger partial charge in [-0.1, -0.05) is 33.4 Å². The zero-order valence-corrected chi connectivity index (χ0v) is 13.8. The second-order valence-corrected chi connectivity index (χ2v) is 11.6. The average Bonchev–Trinajstić information content (AvgIpc) is 2.72. The fraction of sp³-hybridized carbons (Fsp3) is 0.429. The number of pyridine rings is 1. The summed E-state index contributed by atoms with van der Waals surface area (Å²) in [5.41, 5.74) is 2.44. The Kier molecular flexibility index (Phi) is 3.36. The van der Waals surface area contributed by atoms with Crippen molar-refractivity contribution >= 4 is 35.1 Å². The molecule has 0 N–H and O–H groups in total. The maximum Gasteiger partial charge on any atom is 0.161 e. The van der Waals surface area contributed by atoms with Crippen molar-refractivity contribution in [3.05, 3.63) is 34.1 Å². The quantitative estimate of drug-likeness (QED) is 0.608. The van der Waals surface area contributed by atoms with Gasteiger partial charge in [0.1, 0.15) is 5.91 Å². The van der Waals surface area contributed by atoms with Gasteiger partial charge in [-0.3, -0.25) is 4.98 Å². The highest BCUT2D eigenvalue weighted by Gasteiger charge is 2.45. The zero-order valence-electron chi connectivity index (χ0n) is 11.2. The lowest BCUT2D eigenvalue weighted by atomic mass is 10.2. The standard InChI is InChI=1S/C14H18BrNOSi/c1-14(2,3)18(4,9-17)13-6-5-10-11(13)7-16-8-12(10)15/h6-9H,5H2,1-4H3. The number of hydrogen-bond donors (Lipinski definition) is 0. The molecule has 1 atom stereocenters. The van der Waals surface area contributed by atoms with Crippen LogP contribution in [0.3, 0.4) is 0 Å². The van der Waals surface area contributed by atoms with Gasteiger partial charge < -0.3 is 4.79 Å². The Hall–Kier alpha value is -0.743. The summed E-state index contributed by atoms with van der Waals surface area (Å²) >= 11 is 3.55. The summed E-state index contributed by atoms with van der Waals surface area (Å²) in [6.07, 6.45) is 6.86. The number of rotatable bonds is 2. The largest absolute Gasteiger partial charge is 0.309 e. The summed E-state index contributed by atoms with van der Waals surface area (Å²) in [5.74, 6) is 1.22. The van der Waals surface area contributed by atoms with E-state index >= 15 is 0 Å². The molecule has 0 saturated carbocycles. The van der Waals surface area contributed by atoms with Crippen LogP contribution in [0.5, 0.6) is 0 Å². The molecule has 0 spiro atoms. The first-order chi connectivity index (χ1) is 8.31. The summed E-state index contributed by atoms with van der Waals surface area (Å²) in [4.78, 5) is 16.0. The molecule has 0 aliphatic heterocycles. The molecule has 0 fully saturated rings. The predicted molar refractivity (Wildman–Crippen MR) is 81.7 cm³/mol. The highest BCUT2D eigenvalue weighted by molar-refractivity contribution is 9.10. The molecule has 96 valence electrons. The first kappa shape index (κ1) is 13.7. The summed E-state index contributed by atoms with van der Waals surface area (Å²) in [6, 6.07) is 0. The van der Waals surface area contributed by atoms with Crippen molar-refractivity contribution in [2.24, 2.45) is 0 Å². The van der Waals surface area contributed by atoms with Gasteiger partial charge in [0.2, 0.25) is 0 Å². The fourth-order valence-corrected chi connectivity index (χ4v) is 5.43. The molecule has 1 heterocycles. The minimum Gasteiger partial charge on any atom is -0.309 e. The van der Waals surface area contributed by atoms with Crippen LogP contribution in [0.15, 0.2) is 22.9 Å². The van der Waals surface area contributed by atoms with E-state index < -0.39 is 8.07 Å². The van der Waals surface area contributed by atoms with Crippen molar-refractivity contribution in [3.8, 4) is 0 Å². The molecular weight excluding hydrogens is 306 g/mol. The van der Waals surface area contributed by atoms with Crippen LogP contribution in [0.4, 0.5) is 0 Å². The van der Waals surface area contributed by atoms with Crippen molar-refractivity contribution in [2.75, 3.05) is 0 Å². The molecule has 18 heavy (non-hydrogen) atoms. The maximum absolute atomic E-state index is 11.7. The van der Waals surface area contributed by atoms with Gasteiger partial charge in [0, 0.05) is 16.9 Å². The van der Waals surface area contributed by atoms with E-state index in [1.54, 1.807) is 0 Å². The van der Waals surface area contributed by atoms with Crippen LogP contribution in [-0.4, -0.2) is 19.0 Å². The highest BCUT2D eigenvalue weighted by Crippen LogP contribution is 2.46. The number of hydrogen-bond acceptors (Lipinski definition) is 2. The first-order valence-corrected chi connectivity index (χ1v) is 9.48. The van der Waals surface area contributed by atoms with E-state index in [1.807, 2.05) is 12.4 Å². The molecule has 1 aromatic rings. The van der Waals surface area contributed by atoms with E-state index in [0.29, 0.717) is 0 Å². The molecule has 0 aromatic carbocycles. The van der Waals surface area contributed by atoms with E-state index in [4.69, 9.17) is 0 Å². The number of allylic oxidation sites excluding steroid dienone is 1. The molecule has 0 bridgehead atoms. The third-order valence-corrected chi connectivity index (χ3v) is 10.0. The summed E-state index contributed by atoms with van der Waals surface area (Å²) in [6.45, 7) is 8.65. The first-order valence-electron chi connectivity index (χ1n) is 6.11. The Morgan fingerprint density at radius 3 is 2.61 bits per heavy atom. The second-order valence-electron chi connectivity index (χ2n) is 6.04. The van der Waals surface area contributed by atoms with Crippen molar-refractivity contribution < 1.29 is 4.79 Å². The lowest BCUT2D eigenvalue weighted by Gasteiger charge is -2.36. The van der Waals surface area contributed by atoms with E-state index in [-0.39, 0.29) is 5.04 Å². The molecule has 2 nitrogen and oxygen atoms in total. The van der Waals surface area contributed by atoms with Gasteiger partial charge in [-0.2, -0.15) is 0 Å². The van der Waals surface area contributed by atoms with Gasteiger partial charge in [0.05, 0.1) is 0 Å². The zero-order chi connectivity index (χ0) is 13.6. The molecule has 0 radical (unpaired) electrons. The molecule has 0 saturated heterocycles. The lowest BCUT2D eigenvalue weighted by molar-refractivity contribution is 0.564. The summed E-state index contributed by atoms with van der Waals surface area (Å²) in [5, 5.41) is 1.26. The predicted octanol–water partition coefficient (Wildman–Crippen LogP) is 3.97. The highest BCUT2D eigenvalue weighted by atomic mass is 79.9. The van der Waals surface area contributed by atoms with E-state index in [1.165, 1.54) is 22.2 Å². The molecule has 2 rings (SSSR count). The number of carbonyl (C=O) groups excluding carboxylic acids is 1. The summed E-state index contributed by atoms with van der Waals surface area (Å²) < 4.78 is 1.04. The Labute approximate surface area is 118 Å². The van der Waals surface area contributed by atoms with Crippen LogP contribution in [0.25, 0.3) is 5.20 Å². The number of fused-ring (bicyclic) bond motifs is 1. The van der Waals surface area contributed by atoms with Gasteiger partial charge >= 0.3 is 0 Å². The van der Waals surface area contributed by atoms with Crippen LogP contribution in [0.1, 0.15) is 31.9 Å². The molecule has 1 unspecified atom stereocenters. The SMILES string of the molecule is CC(C)(C)[Si](C)(C=O)C1=CCc2c(Br)cncc21. The smallest absolute Gasteiger partial charge is 0.161 e. The molecule has 1 aliphatic carbocycles. The van der Waals surface area contributed by atoms with Crippen LogP contribution in [-0.2, 0) is 11.2 Å². The van der Waals surface area contributed by atoms with Crippen LogP contribution in [0, 0.1) is 0 Å². The Morgan fingerprint density at radius 1 is 1.39 bits per heavy atom. The van der Waals surface area contributed by atoms with E-state index in [2.05, 4.69) is 54.3 Å². The third kappa shape index (κ3) is 1.91. The Morgan fingerprint density at radius 2 is 2.06 bits per heavy atom. The Bertz CT molecular complexity index is 533. The topological polar surface area (TPSA) is 30.0 Å². The monoisotopic (exact) mass is 323 g/mol. The molecular formula is C14H18BrNOSi. The number of halogens is 1. The summed E-state index contributed by atoms with van der Waals surface area (Å²) in [7, 11) is -2.15. The molecule has 4 heteroatoms. The van der Waals surface area contributed by atoms with E-state index in [9.17, 15) is 4.79 Å².